The zero-order valence-electron chi connectivity index (χ0n) is 28.2. The number of carboxylic acids is 2. The van der Waals surface area contributed by atoms with Crippen LogP contribution in [0.2, 0.25) is 0 Å². The van der Waals surface area contributed by atoms with Crippen LogP contribution in [-0.4, -0.2) is 22.2 Å². The van der Waals surface area contributed by atoms with Gasteiger partial charge in [0.05, 0.1) is 5.92 Å². The van der Waals surface area contributed by atoms with Crippen LogP contribution >= 0.6 is 0 Å². The second kappa shape index (κ2) is 37.0. The predicted molar refractivity (Wildman–Crippen MR) is 179 cm³/mol. The Hall–Kier alpha value is -1.06. The lowest BCUT2D eigenvalue weighted by Gasteiger charge is -2.05. The van der Waals surface area contributed by atoms with E-state index >= 15 is 0 Å². The molecule has 0 amide bonds. The summed E-state index contributed by atoms with van der Waals surface area (Å²) >= 11 is 0. The molecule has 1 atom stereocenters. The number of unbranched alkanes of at least 4 members (excludes halogenated alkanes) is 27. The molecule has 0 heterocycles. The quantitative estimate of drug-likeness (QED) is 0.0773. The van der Waals surface area contributed by atoms with Gasteiger partial charge in [-0.15, -0.1) is 0 Å². The molecule has 0 aromatic rings. The average molecular weight is 583 g/mol. The fourth-order valence-corrected chi connectivity index (χ4v) is 5.42. The van der Waals surface area contributed by atoms with Crippen molar-refractivity contribution in [2.75, 3.05) is 0 Å². The zero-order valence-corrected chi connectivity index (χ0v) is 28.2. The number of carbonyl (C=O) groups is 2. The van der Waals surface area contributed by atoms with Gasteiger partial charge in [0, 0.05) is 6.42 Å². The molecule has 0 aliphatic rings. The van der Waals surface area contributed by atoms with Crippen LogP contribution in [0.4, 0.5) is 0 Å². The number of hydrogen-bond acceptors (Lipinski definition) is 2. The van der Waals surface area contributed by atoms with Crippen molar-refractivity contribution >= 4 is 11.9 Å². The fraction of sp³-hybridized carbons (Fsp3) is 0.946. The molecule has 0 bridgehead atoms. The normalized spacial score (nSPS) is 11.7. The van der Waals surface area contributed by atoms with Gasteiger partial charge in [-0.1, -0.05) is 201 Å². The van der Waals surface area contributed by atoms with E-state index in [9.17, 15) is 9.59 Å². The van der Waals surface area contributed by atoms with Crippen molar-refractivity contribution in [1.29, 1.82) is 0 Å². The second-order valence-corrected chi connectivity index (χ2v) is 12.7. The summed E-state index contributed by atoms with van der Waals surface area (Å²) in [7, 11) is 0. The van der Waals surface area contributed by atoms with Crippen LogP contribution in [-0.2, 0) is 9.59 Å². The lowest BCUT2D eigenvalue weighted by molar-refractivity contribution is -0.141. The van der Waals surface area contributed by atoms with Crippen LogP contribution in [0.1, 0.15) is 220 Å². The zero-order chi connectivity index (χ0) is 30.7. The van der Waals surface area contributed by atoms with Crippen molar-refractivity contribution in [3.63, 3.8) is 0 Å². The standard InChI is InChI=1S/C19H38O2.C18H36O2/c1-3-4-5-6-7-8-9-10-11-12-13-14-15-16-17-18(2)19(20)21;1-2-3-4-5-6-7-8-9-10-11-12-13-14-15-16-17-18(19)20/h18H,3-17H2,1-2H3,(H,20,21);2-17H2,1H3,(H,19,20). The van der Waals surface area contributed by atoms with Crippen molar-refractivity contribution in [2.24, 2.45) is 5.92 Å². The first-order chi connectivity index (χ1) is 20.0. The second-order valence-electron chi connectivity index (χ2n) is 12.7. The first-order valence-electron chi connectivity index (χ1n) is 18.4. The van der Waals surface area contributed by atoms with Gasteiger partial charge in [0.15, 0.2) is 0 Å². The molecule has 2 N–H and O–H groups in total. The van der Waals surface area contributed by atoms with E-state index in [0.29, 0.717) is 6.42 Å². The van der Waals surface area contributed by atoms with Crippen LogP contribution in [0, 0.1) is 5.92 Å². The molecule has 1 unspecified atom stereocenters. The Morgan fingerprint density at radius 2 is 0.659 bits per heavy atom. The summed E-state index contributed by atoms with van der Waals surface area (Å²) < 4.78 is 0. The molecule has 4 heteroatoms. The van der Waals surface area contributed by atoms with Gasteiger partial charge in [0.25, 0.3) is 0 Å². The first kappa shape index (κ1) is 42.1. The van der Waals surface area contributed by atoms with E-state index in [1.807, 2.05) is 6.92 Å². The van der Waals surface area contributed by atoms with E-state index in [1.54, 1.807) is 0 Å². The van der Waals surface area contributed by atoms with E-state index in [1.165, 1.54) is 167 Å². The molecule has 0 aliphatic heterocycles. The van der Waals surface area contributed by atoms with Crippen molar-refractivity contribution in [3.8, 4) is 0 Å². The summed E-state index contributed by atoms with van der Waals surface area (Å²) in [6.45, 7) is 6.35. The Bertz CT molecular complexity index is 519. The van der Waals surface area contributed by atoms with Gasteiger partial charge in [-0.25, -0.2) is 0 Å². The third kappa shape index (κ3) is 41.1. The van der Waals surface area contributed by atoms with Crippen molar-refractivity contribution < 1.29 is 19.8 Å². The van der Waals surface area contributed by atoms with Crippen LogP contribution in [0.3, 0.4) is 0 Å². The number of rotatable bonds is 32. The monoisotopic (exact) mass is 583 g/mol. The van der Waals surface area contributed by atoms with E-state index in [0.717, 1.165) is 25.7 Å². The minimum absolute atomic E-state index is 0.165. The van der Waals surface area contributed by atoms with Crippen LogP contribution < -0.4 is 0 Å². The van der Waals surface area contributed by atoms with Crippen LogP contribution in [0.25, 0.3) is 0 Å². The van der Waals surface area contributed by atoms with Gasteiger partial charge < -0.3 is 10.2 Å². The number of hydrogen-bond donors (Lipinski definition) is 2. The van der Waals surface area contributed by atoms with Crippen molar-refractivity contribution in [1.82, 2.24) is 0 Å². The molecular formula is C37H74O4. The van der Waals surface area contributed by atoms with Gasteiger partial charge >= 0.3 is 11.9 Å². The lowest BCUT2D eigenvalue weighted by Crippen LogP contribution is -2.08. The molecular weight excluding hydrogens is 508 g/mol. The molecule has 0 saturated heterocycles. The summed E-state index contributed by atoms with van der Waals surface area (Å²) in [5, 5.41) is 17.3. The van der Waals surface area contributed by atoms with Gasteiger partial charge in [0.1, 0.15) is 0 Å². The molecule has 0 fully saturated rings. The van der Waals surface area contributed by atoms with E-state index in [4.69, 9.17) is 10.2 Å². The molecule has 41 heavy (non-hydrogen) atoms. The molecule has 0 saturated carbocycles. The summed E-state index contributed by atoms with van der Waals surface area (Å²) in [5.41, 5.74) is 0. The molecule has 0 radical (unpaired) electrons. The summed E-state index contributed by atoms with van der Waals surface area (Å²) in [5.74, 6) is -1.47. The van der Waals surface area contributed by atoms with Gasteiger partial charge in [-0.3, -0.25) is 9.59 Å². The highest BCUT2D eigenvalue weighted by molar-refractivity contribution is 5.69. The molecule has 0 spiro atoms. The maximum Gasteiger partial charge on any atom is 0.306 e. The third-order valence-corrected chi connectivity index (χ3v) is 8.41. The van der Waals surface area contributed by atoms with E-state index in [-0.39, 0.29) is 5.92 Å². The maximum absolute atomic E-state index is 10.7. The Labute approximate surface area is 257 Å². The minimum atomic E-state index is -0.653. The molecule has 0 aliphatic carbocycles. The van der Waals surface area contributed by atoms with E-state index < -0.39 is 11.9 Å². The SMILES string of the molecule is CCCCCCCCCCCCCCCCC(C)C(=O)O.CCCCCCCCCCCCCCCCCC(=O)O. The summed E-state index contributed by atoms with van der Waals surface area (Å²) in [6.07, 6.45) is 40.0. The van der Waals surface area contributed by atoms with E-state index in [2.05, 4.69) is 13.8 Å². The topological polar surface area (TPSA) is 74.6 Å². The van der Waals surface area contributed by atoms with Crippen molar-refractivity contribution in [2.45, 2.75) is 220 Å². The summed E-state index contributed by atoms with van der Waals surface area (Å²) in [6, 6.07) is 0. The average Bonchev–Trinajstić information content (AvgIpc) is 2.95. The smallest absolute Gasteiger partial charge is 0.306 e. The highest BCUT2D eigenvalue weighted by Crippen LogP contribution is 2.16. The maximum atomic E-state index is 10.7. The lowest BCUT2D eigenvalue weighted by atomic mass is 10.0. The number of aliphatic carboxylic acids is 2. The molecule has 0 aromatic heterocycles. The Morgan fingerprint density at radius 3 is 0.902 bits per heavy atom. The molecule has 0 rings (SSSR count). The highest BCUT2D eigenvalue weighted by atomic mass is 16.4. The Balaban J connectivity index is 0. The van der Waals surface area contributed by atoms with Gasteiger partial charge in [-0.05, 0) is 12.8 Å². The Morgan fingerprint density at radius 1 is 0.415 bits per heavy atom. The molecule has 0 aromatic carbocycles. The van der Waals surface area contributed by atoms with Crippen LogP contribution in [0.5, 0.6) is 0 Å². The minimum Gasteiger partial charge on any atom is -0.481 e. The summed E-state index contributed by atoms with van der Waals surface area (Å²) in [4.78, 5) is 21.0. The predicted octanol–water partition coefficient (Wildman–Crippen LogP) is 12.9. The van der Waals surface area contributed by atoms with Gasteiger partial charge in [0.2, 0.25) is 0 Å². The van der Waals surface area contributed by atoms with Crippen molar-refractivity contribution in [3.05, 3.63) is 0 Å². The number of carboxylic acid groups (broad SMARTS) is 2. The Kier molecular flexibility index (Phi) is 37.9. The van der Waals surface area contributed by atoms with Crippen LogP contribution in [0.15, 0.2) is 0 Å². The largest absolute Gasteiger partial charge is 0.481 e. The molecule has 4 nitrogen and oxygen atoms in total. The fourth-order valence-electron chi connectivity index (χ4n) is 5.42. The highest BCUT2D eigenvalue weighted by Gasteiger charge is 2.09. The van der Waals surface area contributed by atoms with Gasteiger partial charge in [-0.2, -0.15) is 0 Å². The third-order valence-electron chi connectivity index (χ3n) is 8.41. The molecule has 246 valence electrons. The first-order valence-corrected chi connectivity index (χ1v) is 18.4.